The Hall–Kier alpha value is -2.33. The molecule has 0 N–H and O–H groups in total. The van der Waals surface area contributed by atoms with Gasteiger partial charge in [-0.25, -0.2) is 0 Å². The van der Waals surface area contributed by atoms with E-state index in [0.29, 0.717) is 19.0 Å². The zero-order chi connectivity index (χ0) is 21.6. The molecule has 1 aliphatic heterocycles. The monoisotopic (exact) mass is 409 g/mol. The van der Waals surface area contributed by atoms with Gasteiger partial charge in [0.15, 0.2) is 0 Å². The average molecular weight is 410 g/mol. The maximum Gasteiger partial charge on any atom is 0.219 e. The number of carbonyl (C=O) groups excluding carboxylic acids is 1. The van der Waals surface area contributed by atoms with Gasteiger partial charge in [0.2, 0.25) is 5.91 Å². The van der Waals surface area contributed by atoms with Crippen molar-refractivity contribution < 1.29 is 14.3 Å². The molecule has 1 aliphatic rings. The molecule has 1 amide bonds. The molecule has 0 bridgehead atoms. The molecule has 2 aromatic rings. The summed E-state index contributed by atoms with van der Waals surface area (Å²) in [5, 5.41) is 0. The fourth-order valence-corrected chi connectivity index (χ4v) is 4.57. The maximum atomic E-state index is 12.4. The molecule has 0 spiro atoms. The van der Waals surface area contributed by atoms with Crippen LogP contribution in [0.3, 0.4) is 0 Å². The van der Waals surface area contributed by atoms with Crippen LogP contribution in [-0.2, 0) is 21.5 Å². The quantitative estimate of drug-likeness (QED) is 0.601. The number of amides is 1. The van der Waals surface area contributed by atoms with Crippen molar-refractivity contribution >= 4 is 5.91 Å². The van der Waals surface area contributed by atoms with Gasteiger partial charge in [0.25, 0.3) is 0 Å². The molecule has 0 aromatic heterocycles. The molecule has 0 radical (unpaired) electrons. The topological polar surface area (TPSA) is 38.8 Å². The first-order valence-corrected chi connectivity index (χ1v) is 11.0. The molecule has 3 rings (SSSR count). The van der Waals surface area contributed by atoms with Gasteiger partial charge in [-0.1, -0.05) is 62.4 Å². The van der Waals surface area contributed by atoms with Crippen LogP contribution in [0.2, 0.25) is 0 Å². The fraction of sp³-hybridized carbons (Fsp3) is 0.500. The van der Waals surface area contributed by atoms with Crippen molar-refractivity contribution in [2.45, 2.75) is 58.1 Å². The number of ether oxygens (including phenoxy) is 2. The first-order chi connectivity index (χ1) is 14.4. The van der Waals surface area contributed by atoms with E-state index in [1.165, 1.54) is 5.56 Å². The third-order valence-electron chi connectivity index (χ3n) is 6.45. The summed E-state index contributed by atoms with van der Waals surface area (Å²) in [5.74, 6) is 1.49. The van der Waals surface area contributed by atoms with E-state index in [9.17, 15) is 4.79 Å². The number of hydrogen-bond acceptors (Lipinski definition) is 3. The van der Waals surface area contributed by atoms with Gasteiger partial charge in [0, 0.05) is 37.6 Å². The van der Waals surface area contributed by atoms with E-state index in [4.69, 9.17) is 9.47 Å². The van der Waals surface area contributed by atoms with Crippen LogP contribution in [0.1, 0.15) is 51.2 Å². The highest BCUT2D eigenvalue weighted by Crippen LogP contribution is 2.45. The lowest BCUT2D eigenvalue weighted by molar-refractivity contribution is -0.130. The Morgan fingerprint density at radius 3 is 2.53 bits per heavy atom. The number of methoxy groups -OCH3 is 1. The summed E-state index contributed by atoms with van der Waals surface area (Å²) in [5.41, 5.74) is 2.33. The zero-order valence-corrected chi connectivity index (χ0v) is 18.8. The third-order valence-corrected chi connectivity index (χ3v) is 6.45. The second kappa shape index (κ2) is 10.1. The first kappa shape index (κ1) is 22.4. The van der Waals surface area contributed by atoms with E-state index < -0.39 is 0 Å². The number of benzene rings is 2. The molecule has 1 saturated heterocycles. The molecule has 30 heavy (non-hydrogen) atoms. The average Bonchev–Trinajstić information content (AvgIpc) is 2.77. The standard InChI is InChI=1S/C26H35NO3/c1-20(2)25-18-26(15-17-30-25,23-12-8-9-13-24(23)29-4)14-16-27(21(3)28)19-22-10-6-5-7-11-22/h5-13,20,25H,14-19H2,1-4H3. The third kappa shape index (κ3) is 5.23. The number of rotatable bonds is 8. The summed E-state index contributed by atoms with van der Waals surface area (Å²) in [6.45, 7) is 8.20. The molecule has 0 saturated carbocycles. The van der Waals surface area contributed by atoms with Crippen LogP contribution >= 0.6 is 0 Å². The van der Waals surface area contributed by atoms with E-state index in [0.717, 1.165) is 37.2 Å². The van der Waals surface area contributed by atoms with Gasteiger partial charge in [-0.2, -0.15) is 0 Å². The van der Waals surface area contributed by atoms with E-state index in [1.807, 2.05) is 35.2 Å². The molecular formula is C26H35NO3. The molecule has 1 fully saturated rings. The maximum absolute atomic E-state index is 12.4. The zero-order valence-electron chi connectivity index (χ0n) is 18.8. The smallest absolute Gasteiger partial charge is 0.219 e. The highest BCUT2D eigenvalue weighted by Gasteiger charge is 2.41. The normalized spacial score (nSPS) is 21.4. The van der Waals surface area contributed by atoms with Crippen molar-refractivity contribution in [1.82, 2.24) is 4.90 Å². The number of para-hydroxylation sites is 1. The van der Waals surface area contributed by atoms with E-state index in [2.05, 4.69) is 38.1 Å². The number of nitrogens with zero attached hydrogens (tertiary/aromatic N) is 1. The molecule has 2 aromatic carbocycles. The molecular weight excluding hydrogens is 374 g/mol. The van der Waals surface area contributed by atoms with Crippen molar-refractivity contribution in [3.05, 3.63) is 65.7 Å². The Morgan fingerprint density at radius 2 is 1.87 bits per heavy atom. The van der Waals surface area contributed by atoms with Gasteiger partial charge >= 0.3 is 0 Å². The Morgan fingerprint density at radius 1 is 1.17 bits per heavy atom. The van der Waals surface area contributed by atoms with Crippen LogP contribution in [0, 0.1) is 5.92 Å². The summed E-state index contributed by atoms with van der Waals surface area (Å²) < 4.78 is 11.9. The van der Waals surface area contributed by atoms with Crippen LogP contribution in [0.5, 0.6) is 5.75 Å². The highest BCUT2D eigenvalue weighted by atomic mass is 16.5. The van der Waals surface area contributed by atoms with Gasteiger partial charge in [0.1, 0.15) is 5.75 Å². The van der Waals surface area contributed by atoms with Crippen molar-refractivity contribution in [3.63, 3.8) is 0 Å². The molecule has 2 atom stereocenters. The van der Waals surface area contributed by atoms with Crippen molar-refractivity contribution in [1.29, 1.82) is 0 Å². The summed E-state index contributed by atoms with van der Waals surface area (Å²) in [7, 11) is 1.74. The van der Waals surface area contributed by atoms with Crippen LogP contribution in [0.15, 0.2) is 54.6 Å². The molecule has 1 heterocycles. The SMILES string of the molecule is COc1ccccc1C1(CCN(Cc2ccccc2)C(C)=O)CCOC(C(C)C)C1. The molecule has 4 nitrogen and oxygen atoms in total. The van der Waals surface area contributed by atoms with Crippen LogP contribution in [-0.4, -0.2) is 37.2 Å². The fourth-order valence-electron chi connectivity index (χ4n) is 4.57. The summed E-state index contributed by atoms with van der Waals surface area (Å²) >= 11 is 0. The molecule has 2 unspecified atom stereocenters. The lowest BCUT2D eigenvalue weighted by atomic mass is 9.68. The van der Waals surface area contributed by atoms with Crippen LogP contribution in [0.4, 0.5) is 0 Å². The molecule has 4 heteroatoms. The minimum atomic E-state index is -0.0653. The van der Waals surface area contributed by atoms with Crippen LogP contribution < -0.4 is 4.74 Å². The summed E-state index contributed by atoms with van der Waals surface area (Å²) in [6.07, 6.45) is 2.99. The minimum Gasteiger partial charge on any atom is -0.496 e. The lowest BCUT2D eigenvalue weighted by Gasteiger charge is -2.44. The van der Waals surface area contributed by atoms with Gasteiger partial charge in [0.05, 0.1) is 13.2 Å². The number of hydrogen-bond donors (Lipinski definition) is 0. The van der Waals surface area contributed by atoms with Crippen molar-refractivity contribution in [2.75, 3.05) is 20.3 Å². The van der Waals surface area contributed by atoms with Gasteiger partial charge in [-0.3, -0.25) is 4.79 Å². The number of carbonyl (C=O) groups is 1. The van der Waals surface area contributed by atoms with Gasteiger partial charge in [-0.05, 0) is 36.8 Å². The minimum absolute atomic E-state index is 0.0653. The molecule has 0 aliphatic carbocycles. The Kier molecular flexibility index (Phi) is 7.54. The first-order valence-electron chi connectivity index (χ1n) is 11.0. The van der Waals surface area contributed by atoms with Gasteiger partial charge < -0.3 is 14.4 Å². The Balaban J connectivity index is 1.87. The Labute approximate surface area is 181 Å². The van der Waals surface area contributed by atoms with Gasteiger partial charge in [-0.15, -0.1) is 0 Å². The lowest BCUT2D eigenvalue weighted by Crippen LogP contribution is -2.43. The second-order valence-corrected chi connectivity index (χ2v) is 8.76. The van der Waals surface area contributed by atoms with E-state index in [1.54, 1.807) is 14.0 Å². The van der Waals surface area contributed by atoms with E-state index >= 15 is 0 Å². The molecule has 162 valence electrons. The predicted octanol–water partition coefficient (Wildman–Crippen LogP) is 5.21. The summed E-state index contributed by atoms with van der Waals surface area (Å²) in [4.78, 5) is 14.4. The Bertz CT molecular complexity index is 820. The largest absolute Gasteiger partial charge is 0.496 e. The predicted molar refractivity (Wildman–Crippen MR) is 121 cm³/mol. The van der Waals surface area contributed by atoms with Crippen LogP contribution in [0.25, 0.3) is 0 Å². The van der Waals surface area contributed by atoms with Crippen molar-refractivity contribution in [3.8, 4) is 5.75 Å². The van der Waals surface area contributed by atoms with Crippen molar-refractivity contribution in [2.24, 2.45) is 5.92 Å². The van der Waals surface area contributed by atoms with E-state index in [-0.39, 0.29) is 17.4 Å². The highest BCUT2D eigenvalue weighted by molar-refractivity contribution is 5.73. The summed E-state index contributed by atoms with van der Waals surface area (Å²) in [6, 6.07) is 18.6. The second-order valence-electron chi connectivity index (χ2n) is 8.76.